The molecule has 20 heavy (non-hydrogen) atoms. The SMILES string of the molecule is CCOc1cc(CBr)ccc1OCCOCCCOC. The quantitative estimate of drug-likeness (QED) is 0.454. The molecule has 0 aliphatic rings. The number of benzene rings is 1. The van der Waals surface area contributed by atoms with Crippen molar-refractivity contribution in [2.75, 3.05) is 40.1 Å². The molecule has 0 fully saturated rings. The Morgan fingerprint density at radius 3 is 2.55 bits per heavy atom. The molecule has 4 nitrogen and oxygen atoms in total. The Morgan fingerprint density at radius 2 is 1.85 bits per heavy atom. The van der Waals surface area contributed by atoms with Crippen molar-refractivity contribution in [1.82, 2.24) is 0 Å². The van der Waals surface area contributed by atoms with Crippen molar-refractivity contribution in [3.63, 3.8) is 0 Å². The zero-order chi connectivity index (χ0) is 14.6. The van der Waals surface area contributed by atoms with Gasteiger partial charge in [0.2, 0.25) is 0 Å². The van der Waals surface area contributed by atoms with Crippen molar-refractivity contribution in [3.05, 3.63) is 23.8 Å². The average molecular weight is 347 g/mol. The Kier molecular flexibility index (Phi) is 9.45. The van der Waals surface area contributed by atoms with E-state index in [0.29, 0.717) is 26.4 Å². The van der Waals surface area contributed by atoms with Gasteiger partial charge in [-0.2, -0.15) is 0 Å². The fourth-order valence-electron chi connectivity index (χ4n) is 1.64. The predicted molar refractivity (Wildman–Crippen MR) is 83.0 cm³/mol. The van der Waals surface area contributed by atoms with Crippen LogP contribution in [-0.4, -0.2) is 40.1 Å². The Bertz CT molecular complexity index is 371. The number of halogens is 1. The van der Waals surface area contributed by atoms with Crippen LogP contribution in [0.3, 0.4) is 0 Å². The van der Waals surface area contributed by atoms with E-state index in [1.807, 2.05) is 25.1 Å². The molecule has 0 radical (unpaired) electrons. The van der Waals surface area contributed by atoms with Gasteiger partial charge in [0, 0.05) is 25.7 Å². The topological polar surface area (TPSA) is 36.9 Å². The van der Waals surface area contributed by atoms with Crippen LogP contribution in [-0.2, 0) is 14.8 Å². The third-order valence-corrected chi connectivity index (χ3v) is 3.23. The Hall–Kier alpha value is -0.780. The van der Waals surface area contributed by atoms with Crippen LogP contribution in [0.15, 0.2) is 18.2 Å². The molecule has 1 aromatic rings. The number of hydrogen-bond acceptors (Lipinski definition) is 4. The number of alkyl halides is 1. The minimum atomic E-state index is 0.515. The van der Waals surface area contributed by atoms with E-state index < -0.39 is 0 Å². The maximum Gasteiger partial charge on any atom is 0.161 e. The highest BCUT2D eigenvalue weighted by atomic mass is 79.9. The lowest BCUT2D eigenvalue weighted by Gasteiger charge is -2.13. The van der Waals surface area contributed by atoms with Gasteiger partial charge in [-0.25, -0.2) is 0 Å². The second-order valence-corrected chi connectivity index (χ2v) is 4.72. The van der Waals surface area contributed by atoms with Crippen molar-refractivity contribution in [2.24, 2.45) is 0 Å². The third-order valence-electron chi connectivity index (χ3n) is 2.58. The van der Waals surface area contributed by atoms with Gasteiger partial charge in [0.15, 0.2) is 11.5 Å². The van der Waals surface area contributed by atoms with Crippen LogP contribution in [0.2, 0.25) is 0 Å². The van der Waals surface area contributed by atoms with Crippen LogP contribution in [0.5, 0.6) is 11.5 Å². The molecule has 0 aliphatic carbocycles. The summed E-state index contributed by atoms with van der Waals surface area (Å²) in [5.41, 5.74) is 1.16. The van der Waals surface area contributed by atoms with Gasteiger partial charge >= 0.3 is 0 Å². The zero-order valence-electron chi connectivity index (χ0n) is 12.2. The number of ether oxygens (including phenoxy) is 4. The van der Waals surface area contributed by atoms with Crippen molar-refractivity contribution in [2.45, 2.75) is 18.7 Å². The third kappa shape index (κ3) is 6.59. The fourth-order valence-corrected chi connectivity index (χ4v) is 1.99. The van der Waals surface area contributed by atoms with Crippen LogP contribution in [0.4, 0.5) is 0 Å². The molecule has 0 bridgehead atoms. The molecule has 0 saturated carbocycles. The lowest BCUT2D eigenvalue weighted by molar-refractivity contribution is 0.0798. The zero-order valence-corrected chi connectivity index (χ0v) is 13.8. The normalized spacial score (nSPS) is 10.6. The van der Waals surface area contributed by atoms with Crippen LogP contribution >= 0.6 is 15.9 Å². The van der Waals surface area contributed by atoms with E-state index in [1.165, 1.54) is 0 Å². The summed E-state index contributed by atoms with van der Waals surface area (Å²) in [6.45, 7) is 5.08. The van der Waals surface area contributed by atoms with Gasteiger partial charge < -0.3 is 18.9 Å². The molecule has 0 unspecified atom stereocenters. The molecular weight excluding hydrogens is 324 g/mol. The van der Waals surface area contributed by atoms with Gasteiger partial charge in [0.25, 0.3) is 0 Å². The molecule has 0 aromatic heterocycles. The van der Waals surface area contributed by atoms with Crippen molar-refractivity contribution < 1.29 is 18.9 Å². The summed E-state index contributed by atoms with van der Waals surface area (Å²) >= 11 is 3.43. The molecular formula is C15H23BrO4. The number of methoxy groups -OCH3 is 1. The van der Waals surface area contributed by atoms with E-state index in [-0.39, 0.29) is 0 Å². The largest absolute Gasteiger partial charge is 0.490 e. The first-order chi connectivity index (χ1) is 9.81. The molecule has 5 heteroatoms. The van der Waals surface area contributed by atoms with Gasteiger partial charge in [0.05, 0.1) is 13.2 Å². The molecule has 0 N–H and O–H groups in total. The molecule has 0 saturated heterocycles. The molecule has 0 heterocycles. The fraction of sp³-hybridized carbons (Fsp3) is 0.600. The second-order valence-electron chi connectivity index (χ2n) is 4.15. The maximum atomic E-state index is 5.70. The summed E-state index contributed by atoms with van der Waals surface area (Å²) in [5.74, 6) is 1.54. The lowest BCUT2D eigenvalue weighted by Crippen LogP contribution is -2.09. The van der Waals surface area contributed by atoms with Gasteiger partial charge in [-0.3, -0.25) is 0 Å². The lowest BCUT2D eigenvalue weighted by atomic mass is 10.2. The van der Waals surface area contributed by atoms with Gasteiger partial charge in [-0.15, -0.1) is 0 Å². The highest BCUT2D eigenvalue weighted by Gasteiger charge is 2.06. The highest BCUT2D eigenvalue weighted by molar-refractivity contribution is 9.08. The highest BCUT2D eigenvalue weighted by Crippen LogP contribution is 2.29. The standard InChI is InChI=1S/C15H23BrO4/c1-3-19-15-11-13(12-16)5-6-14(15)20-10-9-18-8-4-7-17-2/h5-6,11H,3-4,7-10,12H2,1-2H3. The van der Waals surface area contributed by atoms with Gasteiger partial charge in [-0.1, -0.05) is 22.0 Å². The van der Waals surface area contributed by atoms with E-state index in [0.717, 1.165) is 35.4 Å². The minimum Gasteiger partial charge on any atom is -0.490 e. The first-order valence-electron chi connectivity index (χ1n) is 6.83. The van der Waals surface area contributed by atoms with Crippen LogP contribution in [0.25, 0.3) is 0 Å². The Balaban J connectivity index is 2.35. The first kappa shape index (κ1) is 17.3. The van der Waals surface area contributed by atoms with E-state index in [9.17, 15) is 0 Å². The summed E-state index contributed by atoms with van der Waals surface area (Å²) in [6, 6.07) is 5.95. The van der Waals surface area contributed by atoms with E-state index >= 15 is 0 Å². The predicted octanol–water partition coefficient (Wildman–Crippen LogP) is 3.41. The monoisotopic (exact) mass is 346 g/mol. The molecule has 0 amide bonds. The summed E-state index contributed by atoms with van der Waals surface area (Å²) in [4.78, 5) is 0. The minimum absolute atomic E-state index is 0.515. The molecule has 114 valence electrons. The molecule has 0 atom stereocenters. The van der Waals surface area contributed by atoms with Crippen molar-refractivity contribution >= 4 is 15.9 Å². The van der Waals surface area contributed by atoms with E-state index in [2.05, 4.69) is 15.9 Å². The summed E-state index contributed by atoms with van der Waals surface area (Å²) in [5, 5.41) is 0.802. The first-order valence-corrected chi connectivity index (χ1v) is 7.95. The van der Waals surface area contributed by atoms with E-state index in [4.69, 9.17) is 18.9 Å². The van der Waals surface area contributed by atoms with Gasteiger partial charge in [0.1, 0.15) is 6.61 Å². The van der Waals surface area contributed by atoms with Crippen LogP contribution in [0, 0.1) is 0 Å². The summed E-state index contributed by atoms with van der Waals surface area (Å²) in [6.07, 6.45) is 0.903. The maximum absolute atomic E-state index is 5.70. The Labute approximate surface area is 129 Å². The number of hydrogen-bond donors (Lipinski definition) is 0. The molecule has 1 aromatic carbocycles. The second kappa shape index (κ2) is 10.9. The van der Waals surface area contributed by atoms with E-state index in [1.54, 1.807) is 7.11 Å². The number of rotatable bonds is 11. The van der Waals surface area contributed by atoms with Crippen molar-refractivity contribution in [3.8, 4) is 11.5 Å². The van der Waals surface area contributed by atoms with Crippen LogP contribution < -0.4 is 9.47 Å². The summed E-state index contributed by atoms with van der Waals surface area (Å²) in [7, 11) is 1.69. The van der Waals surface area contributed by atoms with Crippen LogP contribution in [0.1, 0.15) is 18.9 Å². The van der Waals surface area contributed by atoms with Crippen molar-refractivity contribution in [1.29, 1.82) is 0 Å². The molecule has 0 aliphatic heterocycles. The smallest absolute Gasteiger partial charge is 0.161 e. The average Bonchev–Trinajstić information content (AvgIpc) is 2.47. The summed E-state index contributed by atoms with van der Waals surface area (Å²) < 4.78 is 21.7. The van der Waals surface area contributed by atoms with Gasteiger partial charge in [-0.05, 0) is 31.0 Å². The molecule has 1 rings (SSSR count). The Morgan fingerprint density at radius 1 is 1.00 bits per heavy atom. The molecule has 0 spiro atoms.